The summed E-state index contributed by atoms with van der Waals surface area (Å²) in [6.45, 7) is 2.23. The molecule has 2 aromatic rings. The third-order valence-electron chi connectivity index (χ3n) is 5.64. The van der Waals surface area contributed by atoms with Gasteiger partial charge in [-0.3, -0.25) is 9.78 Å². The third-order valence-corrected chi connectivity index (χ3v) is 5.64. The number of alkyl halides is 3. The smallest absolute Gasteiger partial charge is 0.477 e. The van der Waals surface area contributed by atoms with Crippen molar-refractivity contribution in [3.8, 4) is 5.88 Å². The number of fused-ring (bicyclic) bond motifs is 1. The van der Waals surface area contributed by atoms with Crippen LogP contribution in [0.5, 0.6) is 5.88 Å². The zero-order valence-electron chi connectivity index (χ0n) is 16.6. The SMILES string of the molecule is O=C(O)C(F)(F)F.O=C(c1ccncc1)N1C[C@H]2CCC[C@@]2(COc2ccccn2)C1. The molecule has 1 aliphatic carbocycles. The van der Waals surface area contributed by atoms with Crippen LogP contribution in [0, 0.1) is 11.3 Å². The highest BCUT2D eigenvalue weighted by Gasteiger charge is 2.51. The first kappa shape index (κ1) is 22.5. The van der Waals surface area contributed by atoms with Gasteiger partial charge in [0.15, 0.2) is 0 Å². The molecule has 1 saturated carbocycles. The zero-order chi connectivity index (χ0) is 22.5. The van der Waals surface area contributed by atoms with Gasteiger partial charge in [-0.15, -0.1) is 0 Å². The maximum atomic E-state index is 12.7. The Balaban J connectivity index is 0.000000339. The van der Waals surface area contributed by atoms with Gasteiger partial charge in [-0.2, -0.15) is 13.2 Å². The van der Waals surface area contributed by atoms with Gasteiger partial charge in [0.05, 0.1) is 6.61 Å². The largest absolute Gasteiger partial charge is 0.490 e. The van der Waals surface area contributed by atoms with Crippen LogP contribution in [-0.2, 0) is 4.79 Å². The molecular formula is C21H22F3N3O4. The molecule has 1 amide bonds. The number of carboxylic acid groups (broad SMARTS) is 1. The van der Waals surface area contributed by atoms with Crippen LogP contribution in [0.3, 0.4) is 0 Å². The minimum absolute atomic E-state index is 0.0697. The molecule has 10 heteroatoms. The minimum Gasteiger partial charge on any atom is -0.477 e. The van der Waals surface area contributed by atoms with E-state index in [2.05, 4.69) is 9.97 Å². The summed E-state index contributed by atoms with van der Waals surface area (Å²) in [6.07, 6.45) is 3.51. The van der Waals surface area contributed by atoms with E-state index in [0.29, 0.717) is 24.0 Å². The molecule has 0 radical (unpaired) electrons. The van der Waals surface area contributed by atoms with Gasteiger partial charge in [0.2, 0.25) is 5.88 Å². The predicted molar refractivity (Wildman–Crippen MR) is 103 cm³/mol. The normalized spacial score (nSPS) is 22.3. The van der Waals surface area contributed by atoms with Gasteiger partial charge in [-0.05, 0) is 37.0 Å². The summed E-state index contributed by atoms with van der Waals surface area (Å²) in [4.78, 5) is 31.9. The Hall–Kier alpha value is -3.17. The van der Waals surface area contributed by atoms with Crippen molar-refractivity contribution in [3.63, 3.8) is 0 Å². The fourth-order valence-electron chi connectivity index (χ4n) is 4.13. The molecule has 166 valence electrons. The Bertz CT molecular complexity index is 896. The highest BCUT2D eigenvalue weighted by molar-refractivity contribution is 5.94. The number of amides is 1. The average Bonchev–Trinajstić information content (AvgIpc) is 3.30. The Morgan fingerprint density at radius 2 is 1.90 bits per heavy atom. The van der Waals surface area contributed by atoms with Gasteiger partial charge in [0.25, 0.3) is 5.91 Å². The van der Waals surface area contributed by atoms with Crippen LogP contribution < -0.4 is 4.74 Å². The second-order valence-corrected chi connectivity index (χ2v) is 7.63. The van der Waals surface area contributed by atoms with Crippen LogP contribution >= 0.6 is 0 Å². The molecule has 2 aliphatic rings. The summed E-state index contributed by atoms with van der Waals surface area (Å²) in [5.74, 6) is -1.47. The van der Waals surface area contributed by atoms with Gasteiger partial charge >= 0.3 is 12.1 Å². The van der Waals surface area contributed by atoms with Crippen molar-refractivity contribution in [2.24, 2.45) is 11.3 Å². The van der Waals surface area contributed by atoms with Crippen molar-refractivity contribution >= 4 is 11.9 Å². The molecule has 0 aromatic carbocycles. The minimum atomic E-state index is -5.08. The van der Waals surface area contributed by atoms with Crippen LogP contribution in [0.4, 0.5) is 13.2 Å². The lowest BCUT2D eigenvalue weighted by atomic mass is 9.81. The first-order valence-electron chi connectivity index (χ1n) is 9.74. The van der Waals surface area contributed by atoms with Crippen molar-refractivity contribution in [2.45, 2.75) is 25.4 Å². The maximum absolute atomic E-state index is 12.7. The van der Waals surface area contributed by atoms with Gasteiger partial charge < -0.3 is 14.7 Å². The van der Waals surface area contributed by atoms with E-state index in [1.54, 1.807) is 30.7 Å². The molecule has 4 rings (SSSR count). The summed E-state index contributed by atoms with van der Waals surface area (Å²) in [5, 5.41) is 7.12. The molecule has 2 aromatic heterocycles. The number of aromatic nitrogens is 2. The number of rotatable bonds is 4. The monoisotopic (exact) mass is 437 g/mol. The summed E-state index contributed by atoms with van der Waals surface area (Å²) in [7, 11) is 0. The summed E-state index contributed by atoms with van der Waals surface area (Å²) in [5.41, 5.74) is 0.783. The number of aliphatic carboxylic acids is 1. The average molecular weight is 437 g/mol. The molecule has 3 heterocycles. The number of pyridine rings is 2. The molecule has 0 unspecified atom stereocenters. The fraction of sp³-hybridized carbons (Fsp3) is 0.429. The lowest BCUT2D eigenvalue weighted by molar-refractivity contribution is -0.192. The standard InChI is InChI=1S/C19H21N3O2.C2HF3O2/c23-18(15-6-10-20-11-7-15)22-12-16-4-3-8-19(16,13-22)14-24-17-5-1-2-9-21-17;3-2(4,5)1(6)7/h1-2,5-7,9-11,16H,3-4,8,12-14H2;(H,6,7)/t16-,19+;/m1./s1. The molecule has 0 bridgehead atoms. The van der Waals surface area contributed by atoms with E-state index >= 15 is 0 Å². The van der Waals surface area contributed by atoms with E-state index in [-0.39, 0.29) is 11.3 Å². The van der Waals surface area contributed by atoms with Crippen LogP contribution in [-0.4, -0.2) is 57.7 Å². The van der Waals surface area contributed by atoms with Crippen molar-refractivity contribution in [1.29, 1.82) is 0 Å². The first-order chi connectivity index (χ1) is 14.7. The molecule has 1 aliphatic heterocycles. The van der Waals surface area contributed by atoms with Crippen molar-refractivity contribution in [2.75, 3.05) is 19.7 Å². The number of likely N-dealkylation sites (tertiary alicyclic amines) is 1. The Kier molecular flexibility index (Phi) is 6.77. The lowest BCUT2D eigenvalue weighted by Crippen LogP contribution is -2.35. The predicted octanol–water partition coefficient (Wildman–Crippen LogP) is 3.43. The first-order valence-corrected chi connectivity index (χ1v) is 9.74. The topological polar surface area (TPSA) is 92.6 Å². The van der Waals surface area contributed by atoms with Crippen molar-refractivity contribution in [3.05, 3.63) is 54.5 Å². The zero-order valence-corrected chi connectivity index (χ0v) is 16.6. The molecule has 7 nitrogen and oxygen atoms in total. The van der Waals surface area contributed by atoms with E-state index < -0.39 is 12.1 Å². The van der Waals surface area contributed by atoms with Crippen LogP contribution in [0.2, 0.25) is 0 Å². The van der Waals surface area contributed by atoms with Crippen molar-refractivity contribution < 1.29 is 32.6 Å². The summed E-state index contributed by atoms with van der Waals surface area (Å²) < 4.78 is 37.7. The third kappa shape index (κ3) is 5.50. The molecule has 31 heavy (non-hydrogen) atoms. The Morgan fingerprint density at radius 1 is 1.19 bits per heavy atom. The van der Waals surface area contributed by atoms with Crippen LogP contribution in [0.15, 0.2) is 48.9 Å². The van der Waals surface area contributed by atoms with E-state index in [1.807, 2.05) is 23.1 Å². The fourth-order valence-corrected chi connectivity index (χ4v) is 4.13. The molecule has 1 N–H and O–H groups in total. The lowest BCUT2D eigenvalue weighted by Gasteiger charge is -2.28. The van der Waals surface area contributed by atoms with Gasteiger partial charge in [-0.1, -0.05) is 12.5 Å². The number of halogens is 3. The molecular weight excluding hydrogens is 415 g/mol. The summed E-state index contributed by atoms with van der Waals surface area (Å²) in [6, 6.07) is 9.27. The van der Waals surface area contributed by atoms with Gasteiger partial charge in [0, 0.05) is 48.7 Å². The van der Waals surface area contributed by atoms with E-state index in [0.717, 1.165) is 19.5 Å². The number of ether oxygens (including phenoxy) is 1. The number of carbonyl (C=O) groups is 2. The Labute approximate surface area is 176 Å². The molecule has 0 spiro atoms. The van der Waals surface area contributed by atoms with E-state index in [1.165, 1.54) is 12.8 Å². The number of hydrogen-bond acceptors (Lipinski definition) is 5. The number of nitrogens with zero attached hydrogens (tertiary/aromatic N) is 3. The number of carbonyl (C=O) groups excluding carboxylic acids is 1. The van der Waals surface area contributed by atoms with Crippen LogP contribution in [0.1, 0.15) is 29.6 Å². The highest BCUT2D eigenvalue weighted by Crippen LogP contribution is 2.49. The van der Waals surface area contributed by atoms with E-state index in [9.17, 15) is 18.0 Å². The van der Waals surface area contributed by atoms with Crippen molar-refractivity contribution in [1.82, 2.24) is 14.9 Å². The second-order valence-electron chi connectivity index (χ2n) is 7.63. The quantitative estimate of drug-likeness (QED) is 0.788. The maximum Gasteiger partial charge on any atom is 0.490 e. The summed E-state index contributed by atoms with van der Waals surface area (Å²) >= 11 is 0. The number of hydrogen-bond donors (Lipinski definition) is 1. The Morgan fingerprint density at radius 3 is 2.52 bits per heavy atom. The van der Waals surface area contributed by atoms with Crippen LogP contribution in [0.25, 0.3) is 0 Å². The number of carboxylic acids is 1. The highest BCUT2D eigenvalue weighted by atomic mass is 19.4. The molecule has 2 fully saturated rings. The van der Waals surface area contributed by atoms with Gasteiger partial charge in [0.1, 0.15) is 0 Å². The second kappa shape index (κ2) is 9.32. The molecule has 2 atom stereocenters. The molecule has 1 saturated heterocycles. The van der Waals surface area contributed by atoms with Gasteiger partial charge in [-0.25, -0.2) is 9.78 Å². The van der Waals surface area contributed by atoms with E-state index in [4.69, 9.17) is 14.6 Å².